The highest BCUT2D eigenvalue weighted by atomic mass is 35.5. The van der Waals surface area contributed by atoms with Gasteiger partial charge < -0.3 is 14.6 Å². The van der Waals surface area contributed by atoms with Gasteiger partial charge in [-0.15, -0.1) is 0 Å². The molecule has 0 saturated heterocycles. The first-order chi connectivity index (χ1) is 13.8. The molecule has 0 radical (unpaired) electrons. The summed E-state index contributed by atoms with van der Waals surface area (Å²) >= 11 is 6.45. The van der Waals surface area contributed by atoms with Gasteiger partial charge in [-0.2, -0.15) is 5.10 Å². The van der Waals surface area contributed by atoms with Crippen molar-refractivity contribution in [1.29, 1.82) is 0 Å². The number of hydrogen-bond acceptors (Lipinski definition) is 5. The maximum absolute atomic E-state index is 14.6. The minimum Gasteiger partial charge on any atom is -0.497 e. The number of aromatic nitrogens is 2. The van der Waals surface area contributed by atoms with Gasteiger partial charge in [-0.1, -0.05) is 11.6 Å². The Morgan fingerprint density at radius 2 is 1.90 bits per heavy atom. The number of hydrogen-bond donors (Lipinski definition) is 1. The topological polar surface area (TPSA) is 73.6 Å². The zero-order valence-corrected chi connectivity index (χ0v) is 16.6. The molecule has 29 heavy (non-hydrogen) atoms. The van der Waals surface area contributed by atoms with Crippen molar-refractivity contribution in [1.82, 2.24) is 9.78 Å². The number of halogens is 3. The van der Waals surface area contributed by atoms with Crippen LogP contribution in [0.5, 0.6) is 11.5 Å². The number of rotatable bonds is 5. The number of ether oxygens (including phenoxy) is 2. The molecule has 2 aromatic carbocycles. The van der Waals surface area contributed by atoms with E-state index in [1.807, 2.05) is 0 Å². The smallest absolute Gasteiger partial charge is 0.209 e. The predicted octanol–water partition coefficient (Wildman–Crippen LogP) is 3.65. The summed E-state index contributed by atoms with van der Waals surface area (Å²) in [6, 6.07) is 6.05. The van der Waals surface area contributed by atoms with E-state index in [4.69, 9.17) is 21.1 Å². The normalized spacial score (nSPS) is 10.9. The van der Waals surface area contributed by atoms with Crippen LogP contribution in [0.2, 0.25) is 5.02 Å². The van der Waals surface area contributed by atoms with Crippen LogP contribution in [0, 0.1) is 18.6 Å². The molecule has 0 atom stereocenters. The van der Waals surface area contributed by atoms with E-state index >= 15 is 0 Å². The van der Waals surface area contributed by atoms with E-state index in [1.165, 1.54) is 38.0 Å². The van der Waals surface area contributed by atoms with Crippen molar-refractivity contribution >= 4 is 11.6 Å². The summed E-state index contributed by atoms with van der Waals surface area (Å²) in [4.78, 5) is 12.6. The summed E-state index contributed by atoms with van der Waals surface area (Å²) < 4.78 is 39.8. The molecule has 3 aromatic rings. The number of aliphatic hydroxyl groups is 1. The fourth-order valence-corrected chi connectivity index (χ4v) is 3.22. The third kappa shape index (κ3) is 3.68. The van der Waals surface area contributed by atoms with Crippen LogP contribution in [0.25, 0.3) is 16.9 Å². The molecule has 0 saturated carbocycles. The monoisotopic (exact) mass is 422 g/mol. The Bertz CT molecular complexity index is 1150. The lowest BCUT2D eigenvalue weighted by molar-refractivity contribution is 0.273. The second kappa shape index (κ2) is 8.18. The highest BCUT2D eigenvalue weighted by molar-refractivity contribution is 6.34. The van der Waals surface area contributed by atoms with Gasteiger partial charge in [0.25, 0.3) is 0 Å². The van der Waals surface area contributed by atoms with Crippen molar-refractivity contribution in [3.8, 4) is 28.4 Å². The van der Waals surface area contributed by atoms with E-state index in [9.17, 15) is 18.7 Å². The molecule has 152 valence electrons. The van der Waals surface area contributed by atoms with Crippen molar-refractivity contribution in [3.05, 3.63) is 68.5 Å². The Balaban J connectivity index is 2.47. The fourth-order valence-electron chi connectivity index (χ4n) is 2.95. The van der Waals surface area contributed by atoms with E-state index in [0.717, 1.165) is 6.07 Å². The number of aliphatic hydroxyl groups excluding tert-OH is 1. The lowest BCUT2D eigenvalue weighted by Crippen LogP contribution is -2.23. The molecular weight excluding hydrogens is 406 g/mol. The molecule has 0 aliphatic heterocycles. The maximum atomic E-state index is 14.6. The summed E-state index contributed by atoms with van der Waals surface area (Å²) in [5, 5.41) is 13.8. The molecule has 1 heterocycles. The van der Waals surface area contributed by atoms with Gasteiger partial charge in [0.15, 0.2) is 0 Å². The maximum Gasteiger partial charge on any atom is 0.209 e. The van der Waals surface area contributed by atoms with Crippen LogP contribution < -0.4 is 14.9 Å². The largest absolute Gasteiger partial charge is 0.497 e. The molecule has 6 nitrogen and oxygen atoms in total. The Kier molecular flexibility index (Phi) is 5.86. The lowest BCUT2D eigenvalue weighted by atomic mass is 10.0. The van der Waals surface area contributed by atoms with E-state index in [0.29, 0.717) is 11.8 Å². The lowest BCUT2D eigenvalue weighted by Gasteiger charge is -2.19. The van der Waals surface area contributed by atoms with Gasteiger partial charge in [0, 0.05) is 29.3 Å². The molecule has 0 aliphatic rings. The average molecular weight is 423 g/mol. The molecule has 1 aromatic heterocycles. The summed E-state index contributed by atoms with van der Waals surface area (Å²) in [6.07, 6.45) is 0. The van der Waals surface area contributed by atoms with E-state index < -0.39 is 23.7 Å². The minimum atomic E-state index is -0.884. The standard InChI is InChI=1S/C20H17ClF2N2O4/c1-10-19(13-5-4-11(22)6-14(13)23)25(24-15(9-26)20(10)27)16-7-12(28-2)8-17(29-3)18(16)21/h4-8,26H,9H2,1-3H3. The minimum absolute atomic E-state index is 0.0573. The Hall–Kier alpha value is -2.97. The van der Waals surface area contributed by atoms with E-state index in [2.05, 4.69) is 5.10 Å². The van der Waals surface area contributed by atoms with Crippen LogP contribution in [0.4, 0.5) is 8.78 Å². The molecular formula is C20H17ClF2N2O4. The van der Waals surface area contributed by atoms with Crippen LogP contribution in [-0.4, -0.2) is 29.1 Å². The molecule has 0 amide bonds. The Morgan fingerprint density at radius 3 is 2.48 bits per heavy atom. The third-order valence-electron chi connectivity index (χ3n) is 4.40. The molecule has 0 bridgehead atoms. The second-order valence-electron chi connectivity index (χ2n) is 6.11. The highest BCUT2D eigenvalue weighted by Gasteiger charge is 2.22. The average Bonchev–Trinajstić information content (AvgIpc) is 2.71. The molecule has 9 heteroatoms. The summed E-state index contributed by atoms with van der Waals surface area (Å²) in [6.45, 7) is 0.827. The van der Waals surface area contributed by atoms with Crippen molar-refractivity contribution < 1.29 is 23.4 Å². The highest BCUT2D eigenvalue weighted by Crippen LogP contribution is 2.37. The summed E-state index contributed by atoms with van der Waals surface area (Å²) in [5.74, 6) is -1.02. The van der Waals surface area contributed by atoms with Crippen molar-refractivity contribution in [2.75, 3.05) is 14.2 Å². The van der Waals surface area contributed by atoms with Gasteiger partial charge in [-0.3, -0.25) is 4.79 Å². The van der Waals surface area contributed by atoms with E-state index in [1.54, 1.807) is 6.07 Å². The quantitative estimate of drug-likeness (QED) is 0.679. The molecule has 0 unspecified atom stereocenters. The van der Waals surface area contributed by atoms with Crippen LogP contribution >= 0.6 is 11.6 Å². The number of methoxy groups -OCH3 is 2. The molecule has 0 spiro atoms. The van der Waals surface area contributed by atoms with Crippen molar-refractivity contribution in [2.45, 2.75) is 13.5 Å². The third-order valence-corrected chi connectivity index (χ3v) is 4.78. The van der Waals surface area contributed by atoms with Crippen molar-refractivity contribution in [2.24, 2.45) is 0 Å². The zero-order chi connectivity index (χ0) is 21.3. The first kappa shape index (κ1) is 20.8. The van der Waals surface area contributed by atoms with E-state index in [-0.39, 0.29) is 39.0 Å². The first-order valence-electron chi connectivity index (χ1n) is 8.43. The van der Waals surface area contributed by atoms with Crippen LogP contribution in [-0.2, 0) is 6.61 Å². The number of nitrogens with zero attached hydrogens (tertiary/aromatic N) is 2. The summed E-state index contributed by atoms with van der Waals surface area (Å²) in [5.41, 5.74) is -0.398. The molecule has 1 N–H and O–H groups in total. The van der Waals surface area contributed by atoms with Gasteiger partial charge in [-0.05, 0) is 19.1 Å². The second-order valence-corrected chi connectivity index (χ2v) is 6.48. The Morgan fingerprint density at radius 1 is 1.17 bits per heavy atom. The molecule has 0 aliphatic carbocycles. The van der Waals surface area contributed by atoms with Gasteiger partial charge in [0.05, 0.1) is 32.2 Å². The van der Waals surface area contributed by atoms with Gasteiger partial charge in [-0.25, -0.2) is 13.5 Å². The zero-order valence-electron chi connectivity index (χ0n) is 15.8. The van der Waals surface area contributed by atoms with Crippen LogP contribution in [0.3, 0.4) is 0 Å². The SMILES string of the molecule is COc1cc(OC)c(Cl)c(-n2nc(CO)c(=O)c(C)c2-c2ccc(F)cc2F)c1. The first-order valence-corrected chi connectivity index (χ1v) is 8.81. The van der Waals surface area contributed by atoms with Crippen molar-refractivity contribution in [3.63, 3.8) is 0 Å². The van der Waals surface area contributed by atoms with Crippen LogP contribution in [0.15, 0.2) is 35.1 Å². The molecule has 3 rings (SSSR count). The Labute approximate surface area is 169 Å². The predicted molar refractivity (Wildman–Crippen MR) is 104 cm³/mol. The van der Waals surface area contributed by atoms with Crippen LogP contribution in [0.1, 0.15) is 11.3 Å². The summed E-state index contributed by atoms with van der Waals surface area (Å²) in [7, 11) is 2.85. The fraction of sp³-hybridized carbons (Fsp3) is 0.200. The van der Waals surface area contributed by atoms with Gasteiger partial charge in [0.1, 0.15) is 33.9 Å². The number of benzene rings is 2. The van der Waals surface area contributed by atoms with Gasteiger partial charge in [0.2, 0.25) is 5.43 Å². The molecule has 0 fully saturated rings. The van der Waals surface area contributed by atoms with Gasteiger partial charge >= 0.3 is 0 Å².